The summed E-state index contributed by atoms with van der Waals surface area (Å²) in [6.45, 7) is 3.24. The first kappa shape index (κ1) is 22.4. The molecule has 0 unspecified atom stereocenters. The van der Waals surface area contributed by atoms with E-state index in [1.165, 1.54) is 0 Å². The number of aromatic nitrogens is 2. The molecule has 5 rings (SSSR count). The molecule has 0 aliphatic carbocycles. The van der Waals surface area contributed by atoms with Crippen molar-refractivity contribution < 1.29 is 14.2 Å². The molecule has 1 aliphatic heterocycles. The number of rotatable bonds is 7. The number of hydrogen-bond acceptors (Lipinski definition) is 8. The van der Waals surface area contributed by atoms with Gasteiger partial charge in [0.25, 0.3) is 0 Å². The molecule has 8 heteroatoms. The Labute approximate surface area is 203 Å². The highest BCUT2D eigenvalue weighted by atomic mass is 16.5. The van der Waals surface area contributed by atoms with Gasteiger partial charge in [0, 0.05) is 24.8 Å². The van der Waals surface area contributed by atoms with Crippen molar-refractivity contribution in [2.45, 2.75) is 6.61 Å². The molecule has 1 fully saturated rings. The molecule has 8 nitrogen and oxygen atoms in total. The Morgan fingerprint density at radius 2 is 1.89 bits per heavy atom. The van der Waals surface area contributed by atoms with E-state index in [0.717, 1.165) is 30.2 Å². The number of hydrogen-bond donors (Lipinski definition) is 1. The lowest BCUT2D eigenvalue weighted by molar-refractivity contribution is 0.122. The second-order valence-corrected chi connectivity index (χ2v) is 8.06. The highest BCUT2D eigenvalue weighted by molar-refractivity contribution is 5.89. The Bertz CT molecular complexity index is 1360. The zero-order valence-corrected chi connectivity index (χ0v) is 19.4. The van der Waals surface area contributed by atoms with Crippen LogP contribution in [0.5, 0.6) is 11.5 Å². The third-order valence-electron chi connectivity index (χ3n) is 5.83. The van der Waals surface area contributed by atoms with Crippen molar-refractivity contribution in [1.82, 2.24) is 9.97 Å². The number of benzene rings is 3. The van der Waals surface area contributed by atoms with E-state index in [0.29, 0.717) is 53.6 Å². The smallest absolute Gasteiger partial charge is 0.162 e. The van der Waals surface area contributed by atoms with E-state index in [2.05, 4.69) is 21.3 Å². The SMILES string of the molecule is COc1cc(Nc2ccc3ncc(N4CCOCC4)nc3c2C#N)ccc1OCc1ccccc1. The van der Waals surface area contributed by atoms with Crippen LogP contribution >= 0.6 is 0 Å². The molecule has 1 aromatic heterocycles. The fourth-order valence-corrected chi connectivity index (χ4v) is 3.99. The quantitative estimate of drug-likeness (QED) is 0.419. The molecule has 0 bridgehead atoms. The van der Waals surface area contributed by atoms with Gasteiger partial charge in [-0.05, 0) is 29.8 Å². The summed E-state index contributed by atoms with van der Waals surface area (Å²) in [6, 6.07) is 21.6. The molecule has 0 saturated carbocycles. The number of morpholine rings is 1. The van der Waals surface area contributed by atoms with Gasteiger partial charge in [-0.2, -0.15) is 5.26 Å². The summed E-state index contributed by atoms with van der Waals surface area (Å²) in [5.41, 5.74) is 4.16. The predicted molar refractivity (Wildman–Crippen MR) is 134 cm³/mol. The van der Waals surface area contributed by atoms with Crippen LogP contribution in [0.15, 0.2) is 66.9 Å². The van der Waals surface area contributed by atoms with E-state index in [1.54, 1.807) is 13.3 Å². The molecule has 0 atom stereocenters. The fourth-order valence-electron chi connectivity index (χ4n) is 3.99. The summed E-state index contributed by atoms with van der Waals surface area (Å²) in [7, 11) is 1.61. The molecule has 176 valence electrons. The van der Waals surface area contributed by atoms with Gasteiger partial charge in [0.1, 0.15) is 29.6 Å². The molecule has 4 aromatic rings. The molecular formula is C27H25N5O3. The first-order valence-electron chi connectivity index (χ1n) is 11.4. The molecule has 0 amide bonds. The summed E-state index contributed by atoms with van der Waals surface area (Å²) in [4.78, 5) is 11.4. The van der Waals surface area contributed by atoms with Crippen molar-refractivity contribution >= 4 is 28.2 Å². The van der Waals surface area contributed by atoms with E-state index in [9.17, 15) is 5.26 Å². The standard InChI is InChI=1S/C27H25N5O3/c1-33-25-15-20(7-10-24(25)35-18-19-5-3-2-4-6-19)30-22-8-9-23-27(21(22)16-28)31-26(17-29-23)32-11-13-34-14-12-32/h2-10,15,17,30H,11-14,18H2,1H3. The second-order valence-electron chi connectivity index (χ2n) is 8.06. The first-order valence-corrected chi connectivity index (χ1v) is 11.4. The van der Waals surface area contributed by atoms with Gasteiger partial charge in [-0.15, -0.1) is 0 Å². The minimum Gasteiger partial charge on any atom is -0.493 e. The van der Waals surface area contributed by atoms with Crippen molar-refractivity contribution in [3.05, 3.63) is 78.0 Å². The van der Waals surface area contributed by atoms with E-state index in [-0.39, 0.29) is 0 Å². The van der Waals surface area contributed by atoms with Gasteiger partial charge in [0.15, 0.2) is 11.5 Å². The maximum absolute atomic E-state index is 9.98. The van der Waals surface area contributed by atoms with Crippen LogP contribution in [0.1, 0.15) is 11.1 Å². The van der Waals surface area contributed by atoms with Crippen molar-refractivity contribution in [3.8, 4) is 17.6 Å². The van der Waals surface area contributed by atoms with E-state index in [4.69, 9.17) is 19.2 Å². The predicted octanol–water partition coefficient (Wildman–Crippen LogP) is 4.67. The Hall–Kier alpha value is -4.35. The molecule has 1 aliphatic rings. The highest BCUT2D eigenvalue weighted by Gasteiger charge is 2.17. The number of anilines is 3. The Morgan fingerprint density at radius 3 is 2.66 bits per heavy atom. The zero-order valence-electron chi connectivity index (χ0n) is 19.4. The van der Waals surface area contributed by atoms with Crippen molar-refractivity contribution in [2.75, 3.05) is 43.6 Å². The van der Waals surface area contributed by atoms with Crippen LogP contribution in [-0.2, 0) is 11.3 Å². The van der Waals surface area contributed by atoms with Crippen molar-refractivity contribution in [2.24, 2.45) is 0 Å². The molecule has 0 radical (unpaired) electrons. The van der Waals surface area contributed by atoms with Crippen LogP contribution in [0.2, 0.25) is 0 Å². The lowest BCUT2D eigenvalue weighted by atomic mass is 10.1. The molecule has 0 spiro atoms. The molecular weight excluding hydrogens is 442 g/mol. The molecule has 3 aromatic carbocycles. The summed E-state index contributed by atoms with van der Waals surface area (Å²) in [5, 5.41) is 13.3. The van der Waals surface area contributed by atoms with Crippen LogP contribution in [0.25, 0.3) is 11.0 Å². The van der Waals surface area contributed by atoms with Crippen LogP contribution in [0.4, 0.5) is 17.2 Å². The third-order valence-corrected chi connectivity index (χ3v) is 5.83. The highest BCUT2D eigenvalue weighted by Crippen LogP contribution is 2.34. The molecule has 1 saturated heterocycles. The van der Waals surface area contributed by atoms with Gasteiger partial charge in [0.2, 0.25) is 0 Å². The van der Waals surface area contributed by atoms with Crippen LogP contribution in [0, 0.1) is 11.3 Å². The van der Waals surface area contributed by atoms with Gasteiger partial charge in [-0.1, -0.05) is 30.3 Å². The van der Waals surface area contributed by atoms with Gasteiger partial charge >= 0.3 is 0 Å². The number of nitrogens with zero attached hydrogens (tertiary/aromatic N) is 4. The summed E-state index contributed by atoms with van der Waals surface area (Å²) < 4.78 is 16.9. The van der Waals surface area contributed by atoms with E-state index >= 15 is 0 Å². The summed E-state index contributed by atoms with van der Waals surface area (Å²) in [6.07, 6.45) is 1.75. The average molecular weight is 468 g/mol. The first-order chi connectivity index (χ1) is 17.2. The van der Waals surface area contributed by atoms with Crippen LogP contribution < -0.4 is 19.7 Å². The summed E-state index contributed by atoms with van der Waals surface area (Å²) >= 11 is 0. The molecule has 1 N–H and O–H groups in total. The number of nitriles is 1. The topological polar surface area (TPSA) is 92.5 Å². The number of fused-ring (bicyclic) bond motifs is 1. The minimum absolute atomic E-state index is 0.438. The van der Waals surface area contributed by atoms with Crippen molar-refractivity contribution in [3.63, 3.8) is 0 Å². The Kier molecular flexibility index (Phi) is 6.59. The second kappa shape index (κ2) is 10.3. The van der Waals surface area contributed by atoms with E-state index in [1.807, 2.05) is 60.7 Å². The van der Waals surface area contributed by atoms with Crippen LogP contribution in [0.3, 0.4) is 0 Å². The monoisotopic (exact) mass is 467 g/mol. The van der Waals surface area contributed by atoms with Gasteiger partial charge in [-0.25, -0.2) is 4.98 Å². The molecule has 2 heterocycles. The van der Waals surface area contributed by atoms with Gasteiger partial charge in [0.05, 0.1) is 37.7 Å². The Balaban J connectivity index is 1.40. The number of ether oxygens (including phenoxy) is 3. The van der Waals surface area contributed by atoms with E-state index < -0.39 is 0 Å². The lowest BCUT2D eigenvalue weighted by Crippen LogP contribution is -2.36. The fraction of sp³-hybridized carbons (Fsp3) is 0.222. The number of nitrogens with one attached hydrogen (secondary N) is 1. The maximum atomic E-state index is 9.98. The number of methoxy groups -OCH3 is 1. The minimum atomic E-state index is 0.438. The normalized spacial score (nSPS) is 13.3. The molecule has 35 heavy (non-hydrogen) atoms. The lowest BCUT2D eigenvalue weighted by Gasteiger charge is -2.27. The van der Waals surface area contributed by atoms with Crippen molar-refractivity contribution in [1.29, 1.82) is 5.26 Å². The van der Waals surface area contributed by atoms with Gasteiger partial charge in [-0.3, -0.25) is 4.98 Å². The van der Waals surface area contributed by atoms with Gasteiger partial charge < -0.3 is 24.4 Å². The third kappa shape index (κ3) is 4.95. The average Bonchev–Trinajstić information content (AvgIpc) is 2.93. The van der Waals surface area contributed by atoms with Crippen LogP contribution in [-0.4, -0.2) is 43.4 Å². The maximum Gasteiger partial charge on any atom is 0.162 e. The largest absolute Gasteiger partial charge is 0.493 e. The zero-order chi connectivity index (χ0) is 24.0. The summed E-state index contributed by atoms with van der Waals surface area (Å²) in [5.74, 6) is 1.98. The Morgan fingerprint density at radius 1 is 1.06 bits per heavy atom.